The first-order valence-corrected chi connectivity index (χ1v) is 12.7. The number of fused-ring (bicyclic) bond motifs is 1. The van der Waals surface area contributed by atoms with E-state index in [1.54, 1.807) is 6.21 Å². The largest absolute Gasteiger partial charge is 0.354 e. The van der Waals surface area contributed by atoms with Crippen LogP contribution in [0.4, 0.5) is 5.82 Å². The van der Waals surface area contributed by atoms with Crippen molar-refractivity contribution in [2.45, 2.75) is 39.7 Å². The zero-order valence-corrected chi connectivity index (χ0v) is 21.4. The molecule has 1 aromatic rings. The number of hydrogen-bond acceptors (Lipinski definition) is 7. The highest BCUT2D eigenvalue weighted by molar-refractivity contribution is 5.96. The van der Waals surface area contributed by atoms with Crippen LogP contribution in [0.1, 0.15) is 39.2 Å². The van der Waals surface area contributed by atoms with Crippen molar-refractivity contribution in [3.8, 4) is 6.07 Å². The van der Waals surface area contributed by atoms with Crippen molar-refractivity contribution >= 4 is 23.3 Å². The van der Waals surface area contributed by atoms with E-state index in [9.17, 15) is 5.26 Å². The van der Waals surface area contributed by atoms with Gasteiger partial charge in [-0.05, 0) is 60.6 Å². The van der Waals surface area contributed by atoms with Gasteiger partial charge in [0.25, 0.3) is 0 Å². The van der Waals surface area contributed by atoms with Crippen LogP contribution in [0.3, 0.4) is 0 Å². The predicted molar refractivity (Wildman–Crippen MR) is 144 cm³/mol. The molecule has 0 N–H and O–H groups in total. The first kappa shape index (κ1) is 24.9. The SMILES string of the molecule is C/C=C\C(CN1CCN(c2ccc(C3=CC(CCC(C)C)=CN4N=CC(C#N)C34)cn2)CC1)=NC. The number of allylic oxidation sites excluding steroid dienone is 3. The molecule has 2 unspecified atom stereocenters. The van der Waals surface area contributed by atoms with Gasteiger partial charge in [-0.25, -0.2) is 4.98 Å². The molecule has 1 fully saturated rings. The Labute approximate surface area is 209 Å². The molecule has 4 heterocycles. The van der Waals surface area contributed by atoms with Crippen molar-refractivity contribution < 1.29 is 0 Å². The molecule has 1 aromatic heterocycles. The van der Waals surface area contributed by atoms with Crippen LogP contribution in [-0.4, -0.2) is 72.6 Å². The molecule has 3 aliphatic heterocycles. The second-order valence-electron chi connectivity index (χ2n) is 9.86. The molecule has 7 nitrogen and oxygen atoms in total. The summed E-state index contributed by atoms with van der Waals surface area (Å²) in [5.41, 5.74) is 4.58. The molecule has 1 saturated heterocycles. The fraction of sp³-hybridized carbons (Fsp3) is 0.500. The van der Waals surface area contributed by atoms with Crippen LogP contribution in [0, 0.1) is 23.2 Å². The summed E-state index contributed by atoms with van der Waals surface area (Å²) >= 11 is 0. The molecule has 0 aromatic carbocycles. The Hall–Kier alpha value is -3.24. The van der Waals surface area contributed by atoms with Gasteiger partial charge in [-0.15, -0.1) is 0 Å². The van der Waals surface area contributed by atoms with E-state index in [4.69, 9.17) is 4.98 Å². The van der Waals surface area contributed by atoms with E-state index >= 15 is 0 Å². The number of piperazine rings is 1. The summed E-state index contributed by atoms with van der Waals surface area (Å²) in [5, 5.41) is 16.2. The number of anilines is 1. The van der Waals surface area contributed by atoms with Crippen LogP contribution >= 0.6 is 0 Å². The van der Waals surface area contributed by atoms with E-state index in [0.717, 1.165) is 68.2 Å². The van der Waals surface area contributed by atoms with Gasteiger partial charge in [-0.3, -0.25) is 14.9 Å². The number of aromatic nitrogens is 1. The molecule has 0 amide bonds. The smallest absolute Gasteiger partial charge is 0.128 e. The lowest BCUT2D eigenvalue weighted by atomic mass is 9.86. The van der Waals surface area contributed by atoms with Crippen LogP contribution in [0.25, 0.3) is 5.57 Å². The third-order valence-electron chi connectivity index (χ3n) is 6.91. The summed E-state index contributed by atoms with van der Waals surface area (Å²) in [6.07, 6.45) is 14.4. The maximum absolute atomic E-state index is 9.69. The van der Waals surface area contributed by atoms with Gasteiger partial charge >= 0.3 is 0 Å². The summed E-state index contributed by atoms with van der Waals surface area (Å²) in [4.78, 5) is 14.0. The number of rotatable bonds is 8. The van der Waals surface area contributed by atoms with E-state index in [-0.39, 0.29) is 12.0 Å². The van der Waals surface area contributed by atoms with Crippen molar-refractivity contribution in [1.82, 2.24) is 14.9 Å². The lowest BCUT2D eigenvalue weighted by molar-refractivity contribution is 0.291. The normalized spacial score (nSPS) is 23.0. The molecule has 0 aliphatic carbocycles. The van der Waals surface area contributed by atoms with Crippen molar-refractivity contribution in [2.24, 2.45) is 21.9 Å². The lowest BCUT2D eigenvalue weighted by Gasteiger charge is -2.35. The average Bonchev–Trinajstić information content (AvgIpc) is 3.30. The van der Waals surface area contributed by atoms with Crippen LogP contribution in [-0.2, 0) is 0 Å². The van der Waals surface area contributed by atoms with Gasteiger partial charge in [0.05, 0.1) is 12.1 Å². The van der Waals surface area contributed by atoms with Crippen LogP contribution in [0.5, 0.6) is 0 Å². The Morgan fingerprint density at radius 3 is 2.69 bits per heavy atom. The molecule has 0 radical (unpaired) electrons. The second-order valence-corrected chi connectivity index (χ2v) is 9.86. The highest BCUT2D eigenvalue weighted by atomic mass is 15.5. The zero-order valence-electron chi connectivity index (χ0n) is 21.4. The molecular weight excluding hydrogens is 434 g/mol. The van der Waals surface area contributed by atoms with Gasteiger partial charge in [0.1, 0.15) is 11.7 Å². The fourth-order valence-electron chi connectivity index (χ4n) is 4.86. The van der Waals surface area contributed by atoms with Gasteiger partial charge in [0.15, 0.2) is 0 Å². The average molecular weight is 472 g/mol. The van der Waals surface area contributed by atoms with Crippen LogP contribution < -0.4 is 4.90 Å². The first-order valence-electron chi connectivity index (χ1n) is 12.7. The molecule has 0 spiro atoms. The number of nitrogens with zero attached hydrogens (tertiary/aromatic N) is 7. The fourth-order valence-corrected chi connectivity index (χ4v) is 4.86. The van der Waals surface area contributed by atoms with E-state index in [1.165, 1.54) is 5.57 Å². The minimum atomic E-state index is -0.254. The number of hydrazone groups is 1. The summed E-state index contributed by atoms with van der Waals surface area (Å²) in [5.74, 6) is 1.40. The molecule has 4 rings (SSSR count). The molecule has 2 atom stereocenters. The number of nitriles is 1. The monoisotopic (exact) mass is 471 g/mol. The van der Waals surface area contributed by atoms with Gasteiger partial charge in [0, 0.05) is 64.1 Å². The molecule has 3 aliphatic rings. The summed E-state index contributed by atoms with van der Waals surface area (Å²) < 4.78 is 0. The van der Waals surface area contributed by atoms with Crippen molar-refractivity contribution in [3.05, 3.63) is 53.9 Å². The Morgan fingerprint density at radius 2 is 2.06 bits per heavy atom. The highest BCUT2D eigenvalue weighted by Gasteiger charge is 2.36. The van der Waals surface area contributed by atoms with E-state index < -0.39 is 0 Å². The Morgan fingerprint density at radius 1 is 1.26 bits per heavy atom. The second kappa shape index (κ2) is 11.5. The number of pyridine rings is 1. The van der Waals surface area contributed by atoms with E-state index in [0.29, 0.717) is 5.92 Å². The summed E-state index contributed by atoms with van der Waals surface area (Å²) in [7, 11) is 1.86. The Bertz CT molecular complexity index is 1060. The van der Waals surface area contributed by atoms with Crippen molar-refractivity contribution in [2.75, 3.05) is 44.7 Å². The highest BCUT2D eigenvalue weighted by Crippen LogP contribution is 2.37. The first-order chi connectivity index (χ1) is 17.0. The van der Waals surface area contributed by atoms with Crippen LogP contribution in [0.15, 0.2) is 58.4 Å². The molecule has 184 valence electrons. The maximum Gasteiger partial charge on any atom is 0.128 e. The van der Waals surface area contributed by atoms with Gasteiger partial charge in [-0.2, -0.15) is 10.4 Å². The minimum absolute atomic E-state index is 0.0782. The van der Waals surface area contributed by atoms with Crippen LogP contribution in [0.2, 0.25) is 0 Å². The zero-order chi connectivity index (χ0) is 24.8. The van der Waals surface area contributed by atoms with E-state index in [1.807, 2.05) is 31.3 Å². The topological polar surface area (TPSA) is 71.1 Å². The van der Waals surface area contributed by atoms with E-state index in [2.05, 4.69) is 70.3 Å². The molecule has 7 heteroatoms. The maximum atomic E-state index is 9.69. The molecule has 0 saturated carbocycles. The van der Waals surface area contributed by atoms with Gasteiger partial charge < -0.3 is 4.90 Å². The quantitative estimate of drug-likeness (QED) is 0.526. The lowest BCUT2D eigenvalue weighted by Crippen LogP contribution is -2.48. The summed E-state index contributed by atoms with van der Waals surface area (Å²) in [6.45, 7) is 11.3. The minimum Gasteiger partial charge on any atom is -0.354 e. The number of hydrogen-bond donors (Lipinski definition) is 0. The standard InChI is InChI=1S/C28H37N7/c1-5-6-25(30-4)20-33-11-13-34(14-12-33)27-10-9-23(17-31-27)26-15-22(8-7-21(2)3)19-35-28(26)24(16-29)18-32-35/h5-6,9-10,15,17-19,21,24,28H,7-8,11-14,20H2,1-4H3/b6-5-,30-25?. The molecule has 35 heavy (non-hydrogen) atoms. The number of aliphatic imine (C=N–C) groups is 1. The van der Waals surface area contributed by atoms with Gasteiger partial charge in [-0.1, -0.05) is 26.0 Å². The Balaban J connectivity index is 1.45. The summed E-state index contributed by atoms with van der Waals surface area (Å²) in [6, 6.07) is 6.62. The third kappa shape index (κ3) is 5.88. The van der Waals surface area contributed by atoms with Crippen molar-refractivity contribution in [3.63, 3.8) is 0 Å². The third-order valence-corrected chi connectivity index (χ3v) is 6.91. The van der Waals surface area contributed by atoms with Crippen molar-refractivity contribution in [1.29, 1.82) is 5.26 Å². The predicted octanol–water partition coefficient (Wildman–Crippen LogP) is 4.38. The Kier molecular flexibility index (Phi) is 8.14. The molecule has 0 bridgehead atoms. The molecular formula is C28H37N7. The van der Waals surface area contributed by atoms with Gasteiger partial charge in [0.2, 0.25) is 0 Å².